The van der Waals surface area contributed by atoms with E-state index in [1.807, 2.05) is 0 Å². The van der Waals surface area contributed by atoms with Gasteiger partial charge in [-0.25, -0.2) is 4.99 Å². The number of nitrogens with zero attached hydrogens (tertiary/aromatic N) is 1. The Hall–Kier alpha value is -1.12. The highest BCUT2D eigenvalue weighted by atomic mass is 16.1. The molecule has 0 aromatic heterocycles. The SMILES string of the molecule is C=C1CCCCC(=O)NC(C)=N1. The number of aliphatic imine (C=N–C) groups is 1. The van der Waals surface area contributed by atoms with Gasteiger partial charge < -0.3 is 5.32 Å². The van der Waals surface area contributed by atoms with Gasteiger partial charge in [0.15, 0.2) is 0 Å². The lowest BCUT2D eigenvalue weighted by Crippen LogP contribution is -2.27. The molecular weight excluding hydrogens is 152 g/mol. The zero-order valence-corrected chi connectivity index (χ0v) is 7.39. The van der Waals surface area contributed by atoms with Crippen molar-refractivity contribution in [2.24, 2.45) is 4.99 Å². The molecule has 3 nitrogen and oxygen atoms in total. The maximum absolute atomic E-state index is 11.1. The van der Waals surface area contributed by atoms with Gasteiger partial charge in [-0.1, -0.05) is 6.58 Å². The Balaban J connectivity index is 2.65. The molecule has 0 atom stereocenters. The topological polar surface area (TPSA) is 41.5 Å². The van der Waals surface area contributed by atoms with Gasteiger partial charge in [0.25, 0.3) is 0 Å². The predicted molar refractivity (Wildman–Crippen MR) is 48.9 cm³/mol. The second kappa shape index (κ2) is 4.04. The van der Waals surface area contributed by atoms with Crippen LogP contribution in [0.5, 0.6) is 0 Å². The number of allylic oxidation sites excluding steroid dienone is 1. The minimum atomic E-state index is 0.0611. The molecule has 1 rings (SSSR count). The van der Waals surface area contributed by atoms with Gasteiger partial charge in [-0.3, -0.25) is 4.79 Å². The smallest absolute Gasteiger partial charge is 0.225 e. The lowest BCUT2D eigenvalue weighted by atomic mass is 10.1. The van der Waals surface area contributed by atoms with Crippen molar-refractivity contribution in [2.45, 2.75) is 32.6 Å². The molecule has 1 amide bonds. The van der Waals surface area contributed by atoms with E-state index in [2.05, 4.69) is 16.9 Å². The molecule has 0 aliphatic carbocycles. The van der Waals surface area contributed by atoms with E-state index in [0.29, 0.717) is 12.3 Å². The summed E-state index contributed by atoms with van der Waals surface area (Å²) in [5.74, 6) is 0.720. The Bertz CT molecular complexity index is 231. The number of nitrogens with one attached hydrogen (secondary N) is 1. The predicted octanol–water partition coefficient (Wildman–Crippen LogP) is 1.61. The Morgan fingerprint density at radius 2 is 2.08 bits per heavy atom. The molecule has 0 saturated heterocycles. The Kier molecular flexibility index (Phi) is 3.02. The molecule has 12 heavy (non-hydrogen) atoms. The van der Waals surface area contributed by atoms with Gasteiger partial charge in [-0.05, 0) is 26.2 Å². The van der Waals surface area contributed by atoms with Gasteiger partial charge in [0.2, 0.25) is 5.91 Å². The van der Waals surface area contributed by atoms with Crippen LogP contribution in [-0.4, -0.2) is 11.7 Å². The number of rotatable bonds is 0. The Labute approximate surface area is 72.6 Å². The number of carbonyl (C=O) groups excluding carboxylic acids is 1. The van der Waals surface area contributed by atoms with E-state index in [-0.39, 0.29) is 5.91 Å². The van der Waals surface area contributed by atoms with Gasteiger partial charge in [0, 0.05) is 12.1 Å². The van der Waals surface area contributed by atoms with E-state index < -0.39 is 0 Å². The van der Waals surface area contributed by atoms with E-state index in [9.17, 15) is 4.79 Å². The number of carbonyl (C=O) groups is 1. The third-order valence-electron chi connectivity index (χ3n) is 1.77. The van der Waals surface area contributed by atoms with Gasteiger partial charge in [0.05, 0.1) is 0 Å². The number of amidine groups is 1. The fraction of sp³-hybridized carbons (Fsp3) is 0.556. The molecule has 0 unspecified atom stereocenters. The maximum Gasteiger partial charge on any atom is 0.225 e. The lowest BCUT2D eigenvalue weighted by molar-refractivity contribution is -0.119. The number of amides is 1. The molecule has 0 aromatic carbocycles. The third-order valence-corrected chi connectivity index (χ3v) is 1.77. The van der Waals surface area contributed by atoms with Crippen LogP contribution in [0.2, 0.25) is 0 Å². The van der Waals surface area contributed by atoms with Crippen molar-refractivity contribution < 1.29 is 4.79 Å². The van der Waals surface area contributed by atoms with E-state index >= 15 is 0 Å². The first-order valence-corrected chi connectivity index (χ1v) is 4.21. The minimum absolute atomic E-state index is 0.0611. The van der Waals surface area contributed by atoms with Crippen molar-refractivity contribution in [2.75, 3.05) is 0 Å². The third kappa shape index (κ3) is 2.86. The Morgan fingerprint density at radius 1 is 1.42 bits per heavy atom. The first-order chi connectivity index (χ1) is 5.68. The summed E-state index contributed by atoms with van der Waals surface area (Å²) >= 11 is 0. The van der Waals surface area contributed by atoms with E-state index in [1.165, 1.54) is 0 Å². The summed E-state index contributed by atoms with van der Waals surface area (Å²) < 4.78 is 0. The molecule has 0 saturated carbocycles. The molecule has 0 fully saturated rings. The summed E-state index contributed by atoms with van der Waals surface area (Å²) in [6, 6.07) is 0. The molecule has 1 heterocycles. The van der Waals surface area contributed by atoms with Gasteiger partial charge >= 0.3 is 0 Å². The standard InChI is InChI=1S/C9H14N2O/c1-7-5-3-4-6-9(12)11-8(2)10-7/h1,3-6H2,2H3,(H,10,11,12). The number of hydrogen-bond donors (Lipinski definition) is 1. The summed E-state index contributed by atoms with van der Waals surface area (Å²) in [4.78, 5) is 15.2. The largest absolute Gasteiger partial charge is 0.314 e. The zero-order chi connectivity index (χ0) is 8.97. The van der Waals surface area contributed by atoms with Crippen LogP contribution in [0.15, 0.2) is 17.3 Å². The second-order valence-corrected chi connectivity index (χ2v) is 3.02. The first-order valence-electron chi connectivity index (χ1n) is 4.21. The van der Waals surface area contributed by atoms with Crippen molar-refractivity contribution in [3.05, 3.63) is 12.3 Å². The Morgan fingerprint density at radius 3 is 2.83 bits per heavy atom. The van der Waals surface area contributed by atoms with Crippen molar-refractivity contribution in [3.8, 4) is 0 Å². The van der Waals surface area contributed by atoms with Gasteiger partial charge in [0.1, 0.15) is 5.84 Å². The van der Waals surface area contributed by atoms with Crippen molar-refractivity contribution in [3.63, 3.8) is 0 Å². The van der Waals surface area contributed by atoms with Crippen LogP contribution in [0.4, 0.5) is 0 Å². The monoisotopic (exact) mass is 166 g/mol. The second-order valence-electron chi connectivity index (χ2n) is 3.02. The van der Waals surface area contributed by atoms with Crippen LogP contribution in [0.3, 0.4) is 0 Å². The highest BCUT2D eigenvalue weighted by Gasteiger charge is 2.05. The van der Waals surface area contributed by atoms with Crippen LogP contribution in [-0.2, 0) is 4.79 Å². The van der Waals surface area contributed by atoms with Crippen molar-refractivity contribution in [1.82, 2.24) is 5.32 Å². The quantitative estimate of drug-likeness (QED) is 0.583. The molecule has 66 valence electrons. The normalized spacial score (nSPS) is 20.2. The van der Waals surface area contributed by atoms with Crippen LogP contribution < -0.4 is 5.32 Å². The van der Waals surface area contributed by atoms with Crippen LogP contribution in [0.1, 0.15) is 32.6 Å². The molecule has 0 aromatic rings. The van der Waals surface area contributed by atoms with Crippen molar-refractivity contribution >= 4 is 11.7 Å². The molecular formula is C9H14N2O. The fourth-order valence-corrected chi connectivity index (χ4v) is 1.20. The molecule has 0 bridgehead atoms. The molecule has 3 heteroatoms. The van der Waals surface area contributed by atoms with E-state index in [0.717, 1.165) is 25.0 Å². The molecule has 0 spiro atoms. The highest BCUT2D eigenvalue weighted by molar-refractivity contribution is 5.97. The summed E-state index contributed by atoms with van der Waals surface area (Å²) in [5.41, 5.74) is 0.856. The molecule has 0 radical (unpaired) electrons. The molecule has 1 aliphatic heterocycles. The summed E-state index contributed by atoms with van der Waals surface area (Å²) in [5, 5.41) is 2.70. The fourth-order valence-electron chi connectivity index (χ4n) is 1.20. The number of hydrogen-bond acceptors (Lipinski definition) is 2. The van der Waals surface area contributed by atoms with Crippen LogP contribution in [0, 0.1) is 0 Å². The summed E-state index contributed by atoms with van der Waals surface area (Å²) in [6.07, 6.45) is 3.42. The molecule has 1 N–H and O–H groups in total. The van der Waals surface area contributed by atoms with Gasteiger partial charge in [-0.15, -0.1) is 0 Å². The first kappa shape index (κ1) is 8.97. The minimum Gasteiger partial charge on any atom is -0.314 e. The zero-order valence-electron chi connectivity index (χ0n) is 7.39. The highest BCUT2D eigenvalue weighted by Crippen LogP contribution is 2.09. The van der Waals surface area contributed by atoms with Crippen molar-refractivity contribution in [1.29, 1.82) is 0 Å². The van der Waals surface area contributed by atoms with Crippen LogP contribution >= 0.6 is 0 Å². The maximum atomic E-state index is 11.1. The average molecular weight is 166 g/mol. The van der Waals surface area contributed by atoms with E-state index in [1.54, 1.807) is 6.92 Å². The van der Waals surface area contributed by atoms with E-state index in [4.69, 9.17) is 0 Å². The van der Waals surface area contributed by atoms with Crippen LogP contribution in [0.25, 0.3) is 0 Å². The molecule has 1 aliphatic rings. The summed E-state index contributed by atoms with van der Waals surface area (Å²) in [6.45, 7) is 5.58. The average Bonchev–Trinajstić information content (AvgIpc) is 2.01. The van der Waals surface area contributed by atoms with Gasteiger partial charge in [-0.2, -0.15) is 0 Å². The summed E-state index contributed by atoms with van der Waals surface area (Å²) in [7, 11) is 0. The lowest BCUT2D eigenvalue weighted by Gasteiger charge is -2.00.